The van der Waals surface area contributed by atoms with Crippen molar-refractivity contribution in [1.29, 1.82) is 0 Å². The van der Waals surface area contributed by atoms with E-state index >= 15 is 0 Å². The standard InChI is InChI=1S/C13H15F2NO2/c1-16-5-4-9-6-8(2-3-11(9)16)10(13(14)15)7-12(17)18/h2-3,6,10,13H,4-5,7H2,1H3,(H,17,18). The zero-order chi connectivity index (χ0) is 13.3. The normalized spacial score (nSPS) is 15.9. The zero-order valence-corrected chi connectivity index (χ0v) is 10.1. The van der Waals surface area contributed by atoms with Crippen LogP contribution in [0.15, 0.2) is 18.2 Å². The Morgan fingerprint density at radius 1 is 1.50 bits per heavy atom. The summed E-state index contributed by atoms with van der Waals surface area (Å²) in [7, 11) is 1.95. The van der Waals surface area contributed by atoms with Gasteiger partial charge in [0.15, 0.2) is 0 Å². The summed E-state index contributed by atoms with van der Waals surface area (Å²) >= 11 is 0. The van der Waals surface area contributed by atoms with Crippen LogP contribution in [0.25, 0.3) is 0 Å². The van der Waals surface area contributed by atoms with Crippen molar-refractivity contribution in [1.82, 2.24) is 0 Å². The Labute approximate surface area is 104 Å². The molecule has 0 aromatic heterocycles. The van der Waals surface area contributed by atoms with Crippen molar-refractivity contribution < 1.29 is 18.7 Å². The maximum atomic E-state index is 12.9. The number of hydrogen-bond donors (Lipinski definition) is 1. The molecular weight excluding hydrogens is 240 g/mol. The molecule has 1 atom stereocenters. The van der Waals surface area contributed by atoms with Gasteiger partial charge >= 0.3 is 5.97 Å². The van der Waals surface area contributed by atoms with Crippen LogP contribution >= 0.6 is 0 Å². The molecule has 1 aliphatic rings. The summed E-state index contributed by atoms with van der Waals surface area (Å²) in [5, 5.41) is 8.69. The van der Waals surface area contributed by atoms with Gasteiger partial charge in [-0.1, -0.05) is 12.1 Å². The fraction of sp³-hybridized carbons (Fsp3) is 0.462. The molecule has 2 rings (SSSR count). The van der Waals surface area contributed by atoms with E-state index in [1.807, 2.05) is 7.05 Å². The Morgan fingerprint density at radius 2 is 2.22 bits per heavy atom. The summed E-state index contributed by atoms with van der Waals surface area (Å²) in [5.41, 5.74) is 2.48. The number of halogens is 2. The minimum atomic E-state index is -2.65. The Bertz CT molecular complexity index is 462. The fourth-order valence-electron chi connectivity index (χ4n) is 2.36. The van der Waals surface area contributed by atoms with Gasteiger partial charge in [0.25, 0.3) is 0 Å². The molecule has 5 heteroatoms. The van der Waals surface area contributed by atoms with Crippen LogP contribution in [-0.4, -0.2) is 31.1 Å². The minimum absolute atomic E-state index is 0.418. The third-order valence-electron chi connectivity index (χ3n) is 3.36. The molecule has 0 fully saturated rings. The number of hydrogen-bond acceptors (Lipinski definition) is 2. The van der Waals surface area contributed by atoms with Gasteiger partial charge in [0.2, 0.25) is 6.43 Å². The van der Waals surface area contributed by atoms with Crippen LogP contribution in [0.4, 0.5) is 14.5 Å². The summed E-state index contributed by atoms with van der Waals surface area (Å²) in [4.78, 5) is 12.7. The lowest BCUT2D eigenvalue weighted by atomic mass is 9.94. The van der Waals surface area contributed by atoms with Gasteiger partial charge in [-0.25, -0.2) is 8.78 Å². The molecule has 18 heavy (non-hydrogen) atoms. The summed E-state index contributed by atoms with van der Waals surface area (Å²) in [6, 6.07) is 5.13. The first-order valence-corrected chi connectivity index (χ1v) is 5.83. The molecule has 0 saturated carbocycles. The molecular formula is C13H15F2NO2. The highest BCUT2D eigenvalue weighted by Crippen LogP contribution is 2.33. The third-order valence-corrected chi connectivity index (χ3v) is 3.36. The molecule has 0 saturated heterocycles. The lowest BCUT2D eigenvalue weighted by Crippen LogP contribution is -2.14. The molecule has 98 valence electrons. The first kappa shape index (κ1) is 12.8. The monoisotopic (exact) mass is 255 g/mol. The zero-order valence-electron chi connectivity index (χ0n) is 10.1. The van der Waals surface area contributed by atoms with Crippen LogP contribution in [0, 0.1) is 0 Å². The Morgan fingerprint density at radius 3 is 2.83 bits per heavy atom. The van der Waals surface area contributed by atoms with Crippen molar-refractivity contribution >= 4 is 11.7 Å². The Kier molecular flexibility index (Phi) is 3.50. The number of likely N-dealkylation sites (N-methyl/N-ethyl adjacent to an activating group) is 1. The summed E-state index contributed by atoms with van der Waals surface area (Å²) in [5.74, 6) is -2.42. The molecule has 0 spiro atoms. The maximum Gasteiger partial charge on any atom is 0.304 e. The molecule has 1 aromatic rings. The van der Waals surface area contributed by atoms with E-state index in [0.29, 0.717) is 5.56 Å². The average molecular weight is 255 g/mol. The second kappa shape index (κ2) is 4.92. The Hall–Kier alpha value is -1.65. The van der Waals surface area contributed by atoms with Gasteiger partial charge in [-0.15, -0.1) is 0 Å². The summed E-state index contributed by atoms with van der Waals surface area (Å²) in [6.45, 7) is 0.872. The SMILES string of the molecule is CN1CCc2cc(C(CC(=O)O)C(F)F)ccc21. The van der Waals surface area contributed by atoms with Crippen LogP contribution in [0.1, 0.15) is 23.5 Å². The van der Waals surface area contributed by atoms with Crippen LogP contribution in [0.3, 0.4) is 0 Å². The van der Waals surface area contributed by atoms with Gasteiger partial charge in [0.05, 0.1) is 12.3 Å². The van der Waals surface area contributed by atoms with E-state index in [9.17, 15) is 13.6 Å². The van der Waals surface area contributed by atoms with Gasteiger partial charge in [0.1, 0.15) is 0 Å². The summed E-state index contributed by atoms with van der Waals surface area (Å²) < 4.78 is 25.8. The van der Waals surface area contributed by atoms with Crippen molar-refractivity contribution in [3.63, 3.8) is 0 Å². The smallest absolute Gasteiger partial charge is 0.304 e. The lowest BCUT2D eigenvalue weighted by Gasteiger charge is -2.17. The van der Waals surface area contributed by atoms with E-state index in [0.717, 1.165) is 24.2 Å². The molecule has 1 heterocycles. The number of anilines is 1. The van der Waals surface area contributed by atoms with Crippen LogP contribution < -0.4 is 4.90 Å². The van der Waals surface area contributed by atoms with Crippen LogP contribution in [0.5, 0.6) is 0 Å². The first-order chi connectivity index (χ1) is 8.49. The van der Waals surface area contributed by atoms with Gasteiger partial charge < -0.3 is 10.0 Å². The summed E-state index contributed by atoms with van der Waals surface area (Å²) in [6.07, 6.45) is -2.37. The van der Waals surface area contributed by atoms with Gasteiger partial charge in [0, 0.05) is 19.3 Å². The molecule has 0 radical (unpaired) electrons. The fourth-order valence-corrected chi connectivity index (χ4v) is 2.36. The third kappa shape index (κ3) is 2.44. The van der Waals surface area contributed by atoms with Crippen molar-refractivity contribution in [3.05, 3.63) is 29.3 Å². The van der Waals surface area contributed by atoms with Gasteiger partial charge in [-0.3, -0.25) is 4.79 Å². The van der Waals surface area contributed by atoms with Crippen LogP contribution in [0.2, 0.25) is 0 Å². The van der Waals surface area contributed by atoms with Gasteiger partial charge in [-0.05, 0) is 23.6 Å². The number of nitrogens with zero attached hydrogens (tertiary/aromatic N) is 1. The molecule has 0 bridgehead atoms. The first-order valence-electron chi connectivity index (χ1n) is 5.83. The number of fused-ring (bicyclic) bond motifs is 1. The predicted octanol–water partition coefficient (Wildman–Crippen LogP) is 2.50. The number of alkyl halides is 2. The van der Waals surface area contributed by atoms with Crippen molar-refractivity contribution in [3.8, 4) is 0 Å². The highest BCUT2D eigenvalue weighted by molar-refractivity contribution is 5.68. The number of carbonyl (C=O) groups is 1. The van der Waals surface area contributed by atoms with E-state index in [2.05, 4.69) is 4.90 Å². The Balaban J connectivity index is 2.29. The van der Waals surface area contributed by atoms with Crippen molar-refractivity contribution in [2.45, 2.75) is 25.2 Å². The van der Waals surface area contributed by atoms with E-state index in [-0.39, 0.29) is 0 Å². The topological polar surface area (TPSA) is 40.5 Å². The number of carboxylic acid groups (broad SMARTS) is 1. The number of rotatable bonds is 4. The number of carboxylic acids is 1. The molecule has 1 N–H and O–H groups in total. The van der Waals surface area contributed by atoms with Crippen LogP contribution in [-0.2, 0) is 11.2 Å². The van der Waals surface area contributed by atoms with Crippen molar-refractivity contribution in [2.24, 2.45) is 0 Å². The number of benzene rings is 1. The minimum Gasteiger partial charge on any atom is -0.481 e. The number of aliphatic carboxylic acids is 1. The molecule has 1 aromatic carbocycles. The van der Waals surface area contributed by atoms with E-state index in [1.165, 1.54) is 0 Å². The van der Waals surface area contributed by atoms with E-state index in [4.69, 9.17) is 5.11 Å². The largest absolute Gasteiger partial charge is 0.481 e. The quantitative estimate of drug-likeness (QED) is 0.898. The molecule has 3 nitrogen and oxygen atoms in total. The lowest BCUT2D eigenvalue weighted by molar-refractivity contribution is -0.138. The average Bonchev–Trinajstić information content (AvgIpc) is 2.67. The molecule has 1 unspecified atom stereocenters. The van der Waals surface area contributed by atoms with E-state index in [1.54, 1.807) is 18.2 Å². The second-order valence-electron chi connectivity index (χ2n) is 4.60. The molecule has 0 aliphatic carbocycles. The highest BCUT2D eigenvalue weighted by Gasteiger charge is 2.27. The van der Waals surface area contributed by atoms with E-state index < -0.39 is 24.7 Å². The second-order valence-corrected chi connectivity index (χ2v) is 4.60. The molecule has 1 aliphatic heterocycles. The molecule has 0 amide bonds. The van der Waals surface area contributed by atoms with Gasteiger partial charge in [-0.2, -0.15) is 0 Å². The maximum absolute atomic E-state index is 12.9. The highest BCUT2D eigenvalue weighted by atomic mass is 19.3. The predicted molar refractivity (Wildman–Crippen MR) is 64.4 cm³/mol. The van der Waals surface area contributed by atoms with Crippen molar-refractivity contribution in [2.75, 3.05) is 18.5 Å².